The maximum Gasteiger partial charge on any atom is 0.225 e. The molecule has 1 aromatic carbocycles. The van der Waals surface area contributed by atoms with Crippen molar-refractivity contribution in [3.05, 3.63) is 52.2 Å². The first-order valence-electron chi connectivity index (χ1n) is 6.20. The quantitative estimate of drug-likeness (QED) is 0.909. The lowest BCUT2D eigenvalue weighted by atomic mass is 10.2. The average Bonchev–Trinajstić information content (AvgIpc) is 2.89. The Bertz CT molecular complexity index is 535. The molecule has 0 radical (unpaired) electrons. The Balaban J connectivity index is 1.88. The van der Waals surface area contributed by atoms with Gasteiger partial charge in [0.15, 0.2) is 0 Å². The predicted octanol–water partition coefficient (Wildman–Crippen LogP) is 2.67. The van der Waals surface area contributed by atoms with Gasteiger partial charge in [-0.3, -0.25) is 4.79 Å². The molecule has 0 fully saturated rings. The summed E-state index contributed by atoms with van der Waals surface area (Å²) in [6.45, 7) is 0.575. The van der Waals surface area contributed by atoms with Gasteiger partial charge < -0.3 is 10.2 Å². The van der Waals surface area contributed by atoms with Crippen molar-refractivity contribution in [1.82, 2.24) is 5.32 Å². The number of thiophene rings is 1. The van der Waals surface area contributed by atoms with Gasteiger partial charge in [0, 0.05) is 31.2 Å². The highest BCUT2D eigenvalue weighted by Crippen LogP contribution is 2.13. The molecule has 0 saturated carbocycles. The van der Waals surface area contributed by atoms with E-state index in [4.69, 9.17) is 0 Å². The van der Waals surface area contributed by atoms with Crippen LogP contribution in [0, 0.1) is 0 Å². The van der Waals surface area contributed by atoms with Gasteiger partial charge in [0.25, 0.3) is 0 Å². The minimum Gasteiger partial charge on any atom is -0.378 e. The summed E-state index contributed by atoms with van der Waals surface area (Å²) in [7, 11) is 4.02. The molecule has 19 heavy (non-hydrogen) atoms. The molecule has 1 aromatic heterocycles. The van der Waals surface area contributed by atoms with Crippen LogP contribution in [0.2, 0.25) is 0 Å². The minimum absolute atomic E-state index is 0.0673. The molecule has 1 amide bonds. The van der Waals surface area contributed by atoms with Gasteiger partial charge in [-0.05, 0) is 29.1 Å². The van der Waals surface area contributed by atoms with Crippen LogP contribution in [0.3, 0.4) is 0 Å². The molecule has 1 N–H and O–H groups in total. The number of amides is 1. The van der Waals surface area contributed by atoms with E-state index in [2.05, 4.69) is 22.3 Å². The molecule has 2 aromatic rings. The number of nitrogens with zero attached hydrogens (tertiary/aromatic N) is 1. The Labute approximate surface area is 117 Å². The van der Waals surface area contributed by atoms with E-state index in [1.807, 2.05) is 43.7 Å². The van der Waals surface area contributed by atoms with Crippen LogP contribution in [0.5, 0.6) is 0 Å². The zero-order valence-corrected chi connectivity index (χ0v) is 12.0. The van der Waals surface area contributed by atoms with Crippen molar-refractivity contribution in [2.75, 3.05) is 19.0 Å². The van der Waals surface area contributed by atoms with E-state index in [0.717, 1.165) is 16.1 Å². The highest BCUT2D eigenvalue weighted by Gasteiger charge is 2.04. The van der Waals surface area contributed by atoms with E-state index in [0.29, 0.717) is 13.0 Å². The molecule has 0 atom stereocenters. The average molecular weight is 274 g/mol. The molecule has 0 aliphatic carbocycles. The summed E-state index contributed by atoms with van der Waals surface area (Å²) >= 11 is 1.61. The summed E-state index contributed by atoms with van der Waals surface area (Å²) in [6.07, 6.45) is 0.463. The van der Waals surface area contributed by atoms with Gasteiger partial charge in [-0.2, -0.15) is 0 Å². The maximum atomic E-state index is 11.8. The van der Waals surface area contributed by atoms with Gasteiger partial charge in [0.05, 0.1) is 6.42 Å². The molecule has 0 saturated heterocycles. The number of carbonyl (C=O) groups is 1. The molecule has 100 valence electrons. The molecule has 0 aliphatic heterocycles. The predicted molar refractivity (Wildman–Crippen MR) is 80.6 cm³/mol. The molecule has 0 unspecified atom stereocenters. The zero-order valence-electron chi connectivity index (χ0n) is 11.2. The summed E-state index contributed by atoms with van der Waals surface area (Å²) in [6, 6.07) is 12.1. The summed E-state index contributed by atoms with van der Waals surface area (Å²) in [4.78, 5) is 14.9. The zero-order chi connectivity index (χ0) is 13.7. The SMILES string of the molecule is CN(C)c1cccc(CNC(=O)Cc2cccs2)c1. The fourth-order valence-corrected chi connectivity index (χ4v) is 2.48. The first-order chi connectivity index (χ1) is 9.15. The van der Waals surface area contributed by atoms with Crippen molar-refractivity contribution in [1.29, 1.82) is 0 Å². The lowest BCUT2D eigenvalue weighted by molar-refractivity contribution is -0.120. The molecule has 4 heteroatoms. The molecule has 0 spiro atoms. The number of rotatable bonds is 5. The third-order valence-electron chi connectivity index (χ3n) is 2.83. The van der Waals surface area contributed by atoms with Crippen molar-refractivity contribution < 1.29 is 4.79 Å². The molecule has 0 bridgehead atoms. The van der Waals surface area contributed by atoms with Crippen molar-refractivity contribution in [3.63, 3.8) is 0 Å². The van der Waals surface area contributed by atoms with Gasteiger partial charge in [0.2, 0.25) is 5.91 Å². The van der Waals surface area contributed by atoms with Crippen molar-refractivity contribution in [2.24, 2.45) is 0 Å². The number of hydrogen-bond acceptors (Lipinski definition) is 3. The summed E-state index contributed by atoms with van der Waals surface area (Å²) in [5.41, 5.74) is 2.26. The van der Waals surface area contributed by atoms with Crippen LogP contribution in [0.15, 0.2) is 41.8 Å². The Morgan fingerprint density at radius 2 is 2.11 bits per heavy atom. The smallest absolute Gasteiger partial charge is 0.225 e. The topological polar surface area (TPSA) is 32.3 Å². The Morgan fingerprint density at radius 1 is 1.26 bits per heavy atom. The second-order valence-corrected chi connectivity index (χ2v) is 5.63. The van der Waals surface area contributed by atoms with E-state index >= 15 is 0 Å². The molecular formula is C15H18N2OS. The van der Waals surface area contributed by atoms with E-state index < -0.39 is 0 Å². The Kier molecular flexibility index (Phi) is 4.58. The van der Waals surface area contributed by atoms with Gasteiger partial charge in [-0.25, -0.2) is 0 Å². The number of carbonyl (C=O) groups excluding carboxylic acids is 1. The van der Waals surface area contributed by atoms with Crippen molar-refractivity contribution in [3.8, 4) is 0 Å². The first-order valence-corrected chi connectivity index (χ1v) is 7.08. The van der Waals surface area contributed by atoms with E-state index in [-0.39, 0.29) is 5.91 Å². The van der Waals surface area contributed by atoms with Crippen LogP contribution in [0.1, 0.15) is 10.4 Å². The van der Waals surface area contributed by atoms with Gasteiger partial charge in [0.1, 0.15) is 0 Å². The number of nitrogens with one attached hydrogen (secondary N) is 1. The molecule has 3 nitrogen and oxygen atoms in total. The summed E-state index contributed by atoms with van der Waals surface area (Å²) < 4.78 is 0. The third kappa shape index (κ3) is 4.10. The fraction of sp³-hybridized carbons (Fsp3) is 0.267. The summed E-state index contributed by atoms with van der Waals surface area (Å²) in [5.74, 6) is 0.0673. The largest absolute Gasteiger partial charge is 0.378 e. The van der Waals surface area contributed by atoms with Crippen LogP contribution in [-0.4, -0.2) is 20.0 Å². The lowest BCUT2D eigenvalue weighted by Crippen LogP contribution is -2.24. The molecular weight excluding hydrogens is 256 g/mol. The van der Waals surface area contributed by atoms with Crippen molar-refractivity contribution in [2.45, 2.75) is 13.0 Å². The Morgan fingerprint density at radius 3 is 2.79 bits per heavy atom. The van der Waals surface area contributed by atoms with Crippen LogP contribution in [0.4, 0.5) is 5.69 Å². The lowest BCUT2D eigenvalue weighted by Gasteiger charge is -2.13. The summed E-state index contributed by atoms with van der Waals surface area (Å²) in [5, 5.41) is 4.94. The number of benzene rings is 1. The highest BCUT2D eigenvalue weighted by atomic mass is 32.1. The molecule has 2 rings (SSSR count). The van der Waals surface area contributed by atoms with Crippen LogP contribution < -0.4 is 10.2 Å². The second kappa shape index (κ2) is 6.38. The number of hydrogen-bond donors (Lipinski definition) is 1. The van der Waals surface area contributed by atoms with Crippen LogP contribution in [-0.2, 0) is 17.8 Å². The van der Waals surface area contributed by atoms with Crippen LogP contribution >= 0.6 is 11.3 Å². The standard InChI is InChI=1S/C15H18N2OS/c1-17(2)13-6-3-5-12(9-13)11-16-15(18)10-14-7-4-8-19-14/h3-9H,10-11H2,1-2H3,(H,16,18). The van der Waals surface area contributed by atoms with Gasteiger partial charge in [-0.15, -0.1) is 11.3 Å². The monoisotopic (exact) mass is 274 g/mol. The van der Waals surface area contributed by atoms with E-state index in [1.165, 1.54) is 0 Å². The van der Waals surface area contributed by atoms with Gasteiger partial charge >= 0.3 is 0 Å². The minimum atomic E-state index is 0.0673. The highest BCUT2D eigenvalue weighted by molar-refractivity contribution is 7.10. The van der Waals surface area contributed by atoms with Gasteiger partial charge in [-0.1, -0.05) is 18.2 Å². The fourth-order valence-electron chi connectivity index (χ4n) is 1.78. The molecule has 1 heterocycles. The second-order valence-electron chi connectivity index (χ2n) is 4.60. The third-order valence-corrected chi connectivity index (χ3v) is 3.71. The number of anilines is 1. The maximum absolute atomic E-state index is 11.8. The molecule has 0 aliphatic rings. The van der Waals surface area contributed by atoms with E-state index in [9.17, 15) is 4.79 Å². The Hall–Kier alpha value is -1.81. The normalized spacial score (nSPS) is 10.2. The first kappa shape index (κ1) is 13.6. The van der Waals surface area contributed by atoms with Crippen molar-refractivity contribution >= 4 is 22.9 Å². The van der Waals surface area contributed by atoms with E-state index in [1.54, 1.807) is 11.3 Å². The van der Waals surface area contributed by atoms with Crippen LogP contribution in [0.25, 0.3) is 0 Å².